The zero-order chi connectivity index (χ0) is 4.99. The maximum atomic E-state index is 3.35. The van der Waals surface area contributed by atoms with Crippen molar-refractivity contribution >= 4 is 14.4 Å². The Morgan fingerprint density at radius 2 is 2.17 bits per heavy atom. The van der Waals surface area contributed by atoms with Crippen LogP contribution < -0.4 is 4.30 Å². The van der Waals surface area contributed by atoms with Crippen molar-refractivity contribution in [3.05, 3.63) is 0 Å². The molecule has 1 nitrogen and oxygen atoms in total. The topological polar surface area (TPSA) is 12.0 Å². The highest BCUT2D eigenvalue weighted by atomic mass is 27.2. The Morgan fingerprint density at radius 1 is 1.67 bits per heavy atom. The normalized spacial score (nSPS) is 8.50. The zero-order valence-corrected chi connectivity index (χ0v) is 5.94. The summed E-state index contributed by atoms with van der Waals surface area (Å²) in [4.78, 5) is 0. The summed E-state index contributed by atoms with van der Waals surface area (Å²) in [6.07, 6.45) is 0. The summed E-state index contributed by atoms with van der Waals surface area (Å²) in [5, 5.41) is 0. The lowest BCUT2D eigenvalue weighted by Gasteiger charge is -1.94. The molecule has 0 bridgehead atoms. The Hall–Kier alpha value is 0.492. The van der Waals surface area contributed by atoms with Crippen LogP contribution in [-0.2, 0) is 0 Å². The minimum absolute atomic E-state index is 0. The van der Waals surface area contributed by atoms with E-state index in [4.69, 9.17) is 0 Å². The summed E-state index contributed by atoms with van der Waals surface area (Å²) >= 11 is -0.421. The smallest absolute Gasteiger partial charge is 0.363 e. The standard InChI is InChI=1S/C2H6N.2CH3.Al.H2/c1-2-3;;;;/h3H,2H2,1H3;2*1H3;;1H/q-1;;;+1;. The van der Waals surface area contributed by atoms with Crippen molar-refractivity contribution in [1.29, 1.82) is 0 Å². The molecule has 2 heteroatoms. The Balaban J connectivity index is 0. The number of hydrogen-bond acceptors (Lipinski definition) is 1. The number of rotatable bonds is 2. The molecule has 0 heterocycles. The van der Waals surface area contributed by atoms with Crippen molar-refractivity contribution in [3.8, 4) is 0 Å². The van der Waals surface area contributed by atoms with Gasteiger partial charge in [-0.3, -0.25) is 0 Å². The van der Waals surface area contributed by atoms with Crippen LogP contribution in [0.4, 0.5) is 0 Å². The van der Waals surface area contributed by atoms with Crippen LogP contribution in [0, 0.1) is 0 Å². The molecule has 38 valence electrons. The van der Waals surface area contributed by atoms with Crippen molar-refractivity contribution < 1.29 is 1.43 Å². The first-order valence-electron chi connectivity index (χ1n) is 2.50. The molecule has 0 aliphatic heterocycles. The van der Waals surface area contributed by atoms with Gasteiger partial charge in [0.05, 0.1) is 0 Å². The molecule has 0 rings (SSSR count). The largest absolute Gasteiger partial charge is 0.399 e. The van der Waals surface area contributed by atoms with Gasteiger partial charge >= 0.3 is 14.4 Å². The van der Waals surface area contributed by atoms with Gasteiger partial charge in [-0.25, -0.2) is 0 Å². The van der Waals surface area contributed by atoms with Gasteiger partial charge in [0.15, 0.2) is 0 Å². The Labute approximate surface area is 45.8 Å². The Morgan fingerprint density at radius 3 is 2.17 bits per heavy atom. The summed E-state index contributed by atoms with van der Waals surface area (Å²) in [5.74, 6) is 4.56. The van der Waals surface area contributed by atoms with Crippen molar-refractivity contribution in [3.63, 3.8) is 0 Å². The molecule has 0 aliphatic rings. The van der Waals surface area contributed by atoms with Crippen molar-refractivity contribution in [2.45, 2.75) is 18.5 Å². The van der Waals surface area contributed by atoms with Gasteiger partial charge in [-0.2, -0.15) is 0 Å². The molecular formula is C4H14AlN. The van der Waals surface area contributed by atoms with Gasteiger partial charge in [0.25, 0.3) is 0 Å². The quantitative estimate of drug-likeness (QED) is 0.516. The monoisotopic (exact) mass is 103 g/mol. The molecule has 0 aromatic heterocycles. The fraction of sp³-hybridized carbons (Fsp3) is 1.00. The average molecular weight is 103 g/mol. The summed E-state index contributed by atoms with van der Waals surface area (Å²) in [6, 6.07) is 0. The predicted molar refractivity (Wildman–Crippen MR) is 33.3 cm³/mol. The van der Waals surface area contributed by atoms with Crippen LogP contribution in [0.5, 0.6) is 0 Å². The van der Waals surface area contributed by atoms with E-state index in [2.05, 4.69) is 22.8 Å². The lowest BCUT2D eigenvalue weighted by Crippen LogP contribution is -2.26. The van der Waals surface area contributed by atoms with Crippen LogP contribution in [0.2, 0.25) is 11.6 Å². The van der Waals surface area contributed by atoms with Crippen molar-refractivity contribution in [2.24, 2.45) is 0 Å². The predicted octanol–water partition coefficient (Wildman–Crippen LogP) is 1.09. The van der Waals surface area contributed by atoms with E-state index in [9.17, 15) is 0 Å². The SMILES string of the molecule is CC[NH][Al]([CH3])[CH3].[HH]. The van der Waals surface area contributed by atoms with Gasteiger partial charge < -0.3 is 4.30 Å². The molecule has 0 atom stereocenters. The third-order valence-corrected chi connectivity index (χ3v) is 1.84. The maximum absolute atomic E-state index is 3.35. The molecule has 0 amide bonds. The maximum Gasteiger partial charge on any atom is 0.363 e. The second-order valence-corrected chi connectivity index (χ2v) is 4.43. The van der Waals surface area contributed by atoms with Gasteiger partial charge in [-0.1, -0.05) is 18.5 Å². The molecule has 0 aromatic carbocycles. The Kier molecular flexibility index (Phi) is 3.98. The molecule has 0 radical (unpaired) electrons. The first kappa shape index (κ1) is 6.49. The van der Waals surface area contributed by atoms with Crippen LogP contribution in [0.15, 0.2) is 0 Å². The molecule has 0 aliphatic carbocycles. The molecule has 6 heavy (non-hydrogen) atoms. The van der Waals surface area contributed by atoms with Crippen LogP contribution in [0.3, 0.4) is 0 Å². The third kappa shape index (κ3) is 4.49. The van der Waals surface area contributed by atoms with E-state index in [1.807, 2.05) is 0 Å². The highest BCUT2D eigenvalue weighted by Gasteiger charge is 1.95. The fourth-order valence-electron chi connectivity index (χ4n) is 0.408. The lowest BCUT2D eigenvalue weighted by atomic mass is 10.8. The molecule has 0 fully saturated rings. The van der Waals surface area contributed by atoms with E-state index in [0.29, 0.717) is 0 Å². The summed E-state index contributed by atoms with van der Waals surface area (Å²) in [7, 11) is 0. The highest BCUT2D eigenvalue weighted by Crippen LogP contribution is 1.66. The molecular weight excluding hydrogens is 89.0 g/mol. The van der Waals surface area contributed by atoms with E-state index in [1.165, 1.54) is 0 Å². The molecule has 0 saturated heterocycles. The molecule has 0 saturated carbocycles. The lowest BCUT2D eigenvalue weighted by molar-refractivity contribution is 0.990. The van der Waals surface area contributed by atoms with E-state index >= 15 is 0 Å². The first-order valence-corrected chi connectivity index (χ1v) is 5.39. The first-order chi connectivity index (χ1) is 2.77. The molecule has 1 N–H and O–H groups in total. The molecule has 0 aromatic rings. The van der Waals surface area contributed by atoms with Gasteiger partial charge in [0.2, 0.25) is 0 Å². The number of nitrogens with one attached hydrogen (secondary N) is 1. The van der Waals surface area contributed by atoms with Crippen molar-refractivity contribution in [1.82, 2.24) is 4.30 Å². The summed E-state index contributed by atoms with van der Waals surface area (Å²) < 4.78 is 3.35. The van der Waals surface area contributed by atoms with E-state index < -0.39 is 14.4 Å². The van der Waals surface area contributed by atoms with Gasteiger partial charge in [-0.15, -0.1) is 0 Å². The van der Waals surface area contributed by atoms with E-state index in [-0.39, 0.29) is 1.43 Å². The Bertz CT molecular complexity index is 32.9. The summed E-state index contributed by atoms with van der Waals surface area (Å²) in [6.45, 7) is 3.29. The second kappa shape index (κ2) is 3.67. The minimum atomic E-state index is -0.421. The van der Waals surface area contributed by atoms with Crippen LogP contribution in [0.1, 0.15) is 8.35 Å². The highest BCUT2D eigenvalue weighted by molar-refractivity contribution is 6.52. The minimum Gasteiger partial charge on any atom is -0.399 e. The van der Waals surface area contributed by atoms with Crippen LogP contribution >= 0.6 is 0 Å². The molecule has 0 spiro atoms. The van der Waals surface area contributed by atoms with E-state index in [1.54, 1.807) is 0 Å². The molecule has 0 unspecified atom stereocenters. The van der Waals surface area contributed by atoms with Gasteiger partial charge in [0, 0.05) is 1.43 Å². The van der Waals surface area contributed by atoms with Crippen LogP contribution in [-0.4, -0.2) is 20.9 Å². The van der Waals surface area contributed by atoms with Gasteiger partial charge in [-0.05, 0) is 6.54 Å². The average Bonchev–Trinajstić information content (AvgIpc) is 1.35. The van der Waals surface area contributed by atoms with Crippen molar-refractivity contribution in [2.75, 3.05) is 6.54 Å². The van der Waals surface area contributed by atoms with E-state index in [0.717, 1.165) is 6.54 Å². The third-order valence-electron chi connectivity index (χ3n) is 0.612. The van der Waals surface area contributed by atoms with Crippen LogP contribution in [0.25, 0.3) is 0 Å². The fourth-order valence-corrected chi connectivity index (χ4v) is 1.22. The summed E-state index contributed by atoms with van der Waals surface area (Å²) in [5.41, 5.74) is 0. The number of hydrogen-bond donors (Lipinski definition) is 1. The zero-order valence-electron chi connectivity index (χ0n) is 4.78. The second-order valence-electron chi connectivity index (χ2n) is 1.71. The van der Waals surface area contributed by atoms with Gasteiger partial charge in [0.1, 0.15) is 0 Å².